The third-order valence-corrected chi connectivity index (χ3v) is 5.06. The quantitative estimate of drug-likeness (QED) is 0.777. The van der Waals surface area contributed by atoms with Gasteiger partial charge in [0, 0.05) is 18.2 Å². The van der Waals surface area contributed by atoms with Crippen molar-refractivity contribution in [1.82, 2.24) is 5.01 Å². The van der Waals surface area contributed by atoms with E-state index in [4.69, 9.17) is 0 Å². The van der Waals surface area contributed by atoms with Crippen molar-refractivity contribution in [2.75, 3.05) is 0 Å². The van der Waals surface area contributed by atoms with Gasteiger partial charge in [0.1, 0.15) is 5.82 Å². The molecule has 1 unspecified atom stereocenters. The number of hydrogen-bond acceptors (Lipinski definition) is 3. The molecular weight excluding hydrogens is 355 g/mol. The Morgan fingerprint density at radius 1 is 1.33 bits per heavy atom. The fourth-order valence-corrected chi connectivity index (χ4v) is 3.86. The van der Waals surface area contributed by atoms with E-state index in [0.29, 0.717) is 6.42 Å². The molecule has 2 aromatic rings. The Hall–Kier alpha value is -1.53. The number of nitrogens with zero attached hydrogens (tertiary/aromatic N) is 2. The monoisotopic (exact) mass is 366 g/mol. The lowest BCUT2D eigenvalue weighted by Gasteiger charge is -2.18. The first kappa shape index (κ1) is 14.4. The maximum Gasteiger partial charge on any atom is 0.240 e. The second-order valence-electron chi connectivity index (χ2n) is 4.78. The van der Waals surface area contributed by atoms with Gasteiger partial charge in [-0.2, -0.15) is 5.10 Å². The number of hydrogen-bond donors (Lipinski definition) is 0. The number of thiophene rings is 1. The van der Waals surface area contributed by atoms with Crippen LogP contribution in [0.15, 0.2) is 45.3 Å². The molecule has 0 spiro atoms. The summed E-state index contributed by atoms with van der Waals surface area (Å²) in [7, 11) is 0. The molecule has 0 N–H and O–H groups in total. The van der Waals surface area contributed by atoms with Crippen molar-refractivity contribution in [1.29, 1.82) is 0 Å². The molecule has 0 fully saturated rings. The lowest BCUT2D eigenvalue weighted by atomic mass is 10.0. The Labute approximate surface area is 134 Å². The SMILES string of the molecule is CC(=O)N1N=C(c2ccc(F)cc2)CC1c1ccc(Br)s1. The lowest BCUT2D eigenvalue weighted by Crippen LogP contribution is -2.23. The summed E-state index contributed by atoms with van der Waals surface area (Å²) < 4.78 is 14.0. The summed E-state index contributed by atoms with van der Waals surface area (Å²) in [6.45, 7) is 1.51. The van der Waals surface area contributed by atoms with Crippen LogP contribution in [-0.4, -0.2) is 16.6 Å². The molecule has 0 bridgehead atoms. The molecule has 0 saturated heterocycles. The molecule has 1 aliphatic heterocycles. The van der Waals surface area contributed by atoms with Gasteiger partial charge in [-0.1, -0.05) is 12.1 Å². The summed E-state index contributed by atoms with van der Waals surface area (Å²) in [6, 6.07) is 10.1. The maximum absolute atomic E-state index is 13.0. The van der Waals surface area contributed by atoms with Crippen molar-refractivity contribution in [2.24, 2.45) is 5.10 Å². The third-order valence-electron chi connectivity index (χ3n) is 3.33. The third kappa shape index (κ3) is 2.91. The number of carbonyl (C=O) groups excluding carboxylic acids is 1. The first-order chi connectivity index (χ1) is 10.0. The Morgan fingerprint density at radius 2 is 2.05 bits per heavy atom. The second-order valence-corrected chi connectivity index (χ2v) is 7.27. The van der Waals surface area contributed by atoms with Crippen LogP contribution in [0.4, 0.5) is 4.39 Å². The van der Waals surface area contributed by atoms with Crippen molar-refractivity contribution >= 4 is 38.9 Å². The molecule has 1 aromatic carbocycles. The van der Waals surface area contributed by atoms with Crippen LogP contribution in [0, 0.1) is 5.82 Å². The van der Waals surface area contributed by atoms with Gasteiger partial charge in [-0.05, 0) is 45.8 Å². The number of benzene rings is 1. The van der Waals surface area contributed by atoms with E-state index < -0.39 is 0 Å². The average Bonchev–Trinajstić information content (AvgIpc) is 3.05. The van der Waals surface area contributed by atoms with Crippen molar-refractivity contribution in [2.45, 2.75) is 19.4 Å². The molecule has 1 aromatic heterocycles. The molecule has 1 aliphatic rings. The van der Waals surface area contributed by atoms with Crippen LogP contribution < -0.4 is 0 Å². The summed E-state index contributed by atoms with van der Waals surface area (Å²) in [5, 5.41) is 5.93. The predicted molar refractivity (Wildman–Crippen MR) is 84.8 cm³/mol. The number of halogens is 2. The van der Waals surface area contributed by atoms with E-state index in [1.165, 1.54) is 24.1 Å². The fraction of sp³-hybridized carbons (Fsp3) is 0.200. The summed E-state index contributed by atoms with van der Waals surface area (Å²) in [5.74, 6) is -0.374. The molecule has 0 aliphatic carbocycles. The average molecular weight is 367 g/mol. The van der Waals surface area contributed by atoms with E-state index in [9.17, 15) is 9.18 Å². The Morgan fingerprint density at radius 3 is 2.62 bits per heavy atom. The smallest absolute Gasteiger partial charge is 0.240 e. The second kappa shape index (κ2) is 5.69. The van der Waals surface area contributed by atoms with Crippen LogP contribution in [0.1, 0.15) is 29.8 Å². The number of rotatable bonds is 2. The first-order valence-corrected chi connectivity index (χ1v) is 8.04. The van der Waals surface area contributed by atoms with Gasteiger partial charge in [0.25, 0.3) is 0 Å². The van der Waals surface area contributed by atoms with Gasteiger partial charge in [-0.15, -0.1) is 11.3 Å². The highest BCUT2D eigenvalue weighted by atomic mass is 79.9. The van der Waals surface area contributed by atoms with Crippen LogP contribution in [0.25, 0.3) is 0 Å². The van der Waals surface area contributed by atoms with Crippen molar-refractivity contribution < 1.29 is 9.18 Å². The highest BCUT2D eigenvalue weighted by molar-refractivity contribution is 9.11. The Kier molecular flexibility index (Phi) is 3.91. The van der Waals surface area contributed by atoms with Crippen molar-refractivity contribution in [3.05, 3.63) is 56.4 Å². The lowest BCUT2D eigenvalue weighted by molar-refractivity contribution is -0.130. The van der Waals surface area contributed by atoms with E-state index in [1.807, 2.05) is 12.1 Å². The fourth-order valence-electron chi connectivity index (χ4n) is 2.35. The summed E-state index contributed by atoms with van der Waals surface area (Å²) in [6.07, 6.45) is 0.637. The van der Waals surface area contributed by atoms with E-state index in [-0.39, 0.29) is 17.8 Å². The van der Waals surface area contributed by atoms with Crippen LogP contribution in [0.3, 0.4) is 0 Å². The van der Waals surface area contributed by atoms with Crippen molar-refractivity contribution in [3.63, 3.8) is 0 Å². The van der Waals surface area contributed by atoms with Crippen molar-refractivity contribution in [3.8, 4) is 0 Å². The predicted octanol–water partition coefficient (Wildman–Crippen LogP) is 4.35. The normalized spacial score (nSPS) is 18.0. The number of amides is 1. The van der Waals surface area contributed by atoms with Gasteiger partial charge in [0.15, 0.2) is 0 Å². The standard InChI is InChI=1S/C15H12BrFN2OS/c1-9(20)19-13(14-6-7-15(16)21-14)8-12(18-19)10-2-4-11(17)5-3-10/h2-7,13H,8H2,1H3. The zero-order valence-electron chi connectivity index (χ0n) is 11.2. The number of hydrazone groups is 1. The minimum atomic E-state index is -0.278. The first-order valence-electron chi connectivity index (χ1n) is 6.43. The number of carbonyl (C=O) groups is 1. The molecule has 1 atom stereocenters. The zero-order valence-corrected chi connectivity index (χ0v) is 13.6. The van der Waals surface area contributed by atoms with Gasteiger partial charge in [0.05, 0.1) is 15.5 Å². The summed E-state index contributed by atoms with van der Waals surface area (Å²) in [5.41, 5.74) is 1.65. The highest BCUT2D eigenvalue weighted by Crippen LogP contribution is 2.37. The maximum atomic E-state index is 13.0. The topological polar surface area (TPSA) is 32.7 Å². The zero-order chi connectivity index (χ0) is 15.0. The highest BCUT2D eigenvalue weighted by Gasteiger charge is 2.32. The van der Waals surface area contributed by atoms with Crippen LogP contribution in [-0.2, 0) is 4.79 Å². The van der Waals surface area contributed by atoms with Crippen LogP contribution in [0.2, 0.25) is 0 Å². The molecular formula is C15H12BrFN2OS. The Balaban J connectivity index is 1.92. The minimum Gasteiger partial charge on any atom is -0.273 e. The van der Waals surface area contributed by atoms with E-state index in [0.717, 1.165) is 19.9 Å². The van der Waals surface area contributed by atoms with E-state index in [1.54, 1.807) is 23.5 Å². The summed E-state index contributed by atoms with van der Waals surface area (Å²) >= 11 is 5.04. The molecule has 21 heavy (non-hydrogen) atoms. The van der Waals surface area contributed by atoms with Crippen LogP contribution in [0.5, 0.6) is 0 Å². The molecule has 6 heteroatoms. The summed E-state index contributed by atoms with van der Waals surface area (Å²) in [4.78, 5) is 12.9. The molecule has 0 saturated carbocycles. The molecule has 3 rings (SSSR count). The van der Waals surface area contributed by atoms with Gasteiger partial charge in [-0.3, -0.25) is 4.79 Å². The molecule has 108 valence electrons. The van der Waals surface area contributed by atoms with Gasteiger partial charge in [-0.25, -0.2) is 9.40 Å². The van der Waals surface area contributed by atoms with Gasteiger partial charge < -0.3 is 0 Å². The molecule has 2 heterocycles. The van der Waals surface area contributed by atoms with E-state index in [2.05, 4.69) is 21.0 Å². The van der Waals surface area contributed by atoms with Gasteiger partial charge >= 0.3 is 0 Å². The molecule has 1 amide bonds. The van der Waals surface area contributed by atoms with Gasteiger partial charge in [0.2, 0.25) is 5.91 Å². The minimum absolute atomic E-state index is 0.0844. The van der Waals surface area contributed by atoms with Crippen LogP contribution >= 0.6 is 27.3 Å². The molecule has 3 nitrogen and oxygen atoms in total. The molecule has 0 radical (unpaired) electrons. The van der Waals surface area contributed by atoms with E-state index >= 15 is 0 Å². The Bertz CT molecular complexity index is 711. The largest absolute Gasteiger partial charge is 0.273 e.